The molecule has 0 saturated heterocycles. The first-order valence-corrected chi connectivity index (χ1v) is 4.33. The Morgan fingerprint density at radius 3 is 2.86 bits per heavy atom. The first-order valence-electron chi connectivity index (χ1n) is 4.33. The van der Waals surface area contributed by atoms with E-state index in [0.29, 0.717) is 5.88 Å². The summed E-state index contributed by atoms with van der Waals surface area (Å²) in [5, 5.41) is 4.12. The number of hydrogen-bond acceptors (Lipinski definition) is 3. The van der Waals surface area contributed by atoms with Crippen LogP contribution < -0.4 is 4.74 Å². The van der Waals surface area contributed by atoms with Gasteiger partial charge in [0, 0.05) is 18.1 Å². The highest BCUT2D eigenvalue weighted by molar-refractivity contribution is 5.41. The predicted octanol–water partition coefficient (Wildman–Crippen LogP) is 1.58. The minimum absolute atomic E-state index is 0.591. The van der Waals surface area contributed by atoms with E-state index < -0.39 is 0 Å². The third kappa shape index (κ3) is 1.46. The van der Waals surface area contributed by atoms with E-state index in [4.69, 9.17) is 4.74 Å². The summed E-state index contributed by atoms with van der Waals surface area (Å²) < 4.78 is 6.91. The third-order valence-corrected chi connectivity index (χ3v) is 1.92. The normalized spacial score (nSPS) is 10.1. The van der Waals surface area contributed by atoms with Crippen LogP contribution in [0.4, 0.5) is 0 Å². The van der Waals surface area contributed by atoms with Crippen molar-refractivity contribution in [1.29, 1.82) is 0 Å². The Labute approximate surface area is 82.2 Å². The van der Waals surface area contributed by atoms with Crippen molar-refractivity contribution in [2.24, 2.45) is 0 Å². The van der Waals surface area contributed by atoms with E-state index in [9.17, 15) is 0 Å². The van der Waals surface area contributed by atoms with Crippen LogP contribution in [0.15, 0.2) is 30.6 Å². The van der Waals surface area contributed by atoms with Gasteiger partial charge in [0.2, 0.25) is 5.88 Å². The standard InChI is InChI=1S/C10H11N3O/c1-8-4-5-9(10(12-8)14-2)13-7-3-6-11-13/h3-7H,1-2H3. The molecule has 0 aliphatic carbocycles. The Morgan fingerprint density at radius 1 is 1.36 bits per heavy atom. The van der Waals surface area contributed by atoms with Crippen molar-refractivity contribution in [3.63, 3.8) is 0 Å². The molecular formula is C10H11N3O. The molecule has 0 radical (unpaired) electrons. The molecule has 72 valence electrons. The molecule has 2 aromatic heterocycles. The maximum Gasteiger partial charge on any atom is 0.239 e. The molecule has 0 aromatic carbocycles. The van der Waals surface area contributed by atoms with Gasteiger partial charge in [0.15, 0.2) is 0 Å². The molecular weight excluding hydrogens is 178 g/mol. The van der Waals surface area contributed by atoms with Crippen molar-refractivity contribution in [1.82, 2.24) is 14.8 Å². The van der Waals surface area contributed by atoms with Crippen LogP contribution in [-0.4, -0.2) is 21.9 Å². The molecule has 0 saturated carbocycles. The Kier molecular flexibility index (Phi) is 2.18. The number of hydrogen-bond donors (Lipinski definition) is 0. The van der Waals surface area contributed by atoms with E-state index >= 15 is 0 Å². The van der Waals surface area contributed by atoms with Gasteiger partial charge in [-0.25, -0.2) is 9.67 Å². The van der Waals surface area contributed by atoms with Gasteiger partial charge in [0.05, 0.1) is 7.11 Å². The summed E-state index contributed by atoms with van der Waals surface area (Å²) in [6.07, 6.45) is 3.58. The van der Waals surface area contributed by atoms with Gasteiger partial charge in [-0.1, -0.05) is 0 Å². The largest absolute Gasteiger partial charge is 0.479 e. The van der Waals surface area contributed by atoms with Crippen LogP contribution in [0, 0.1) is 6.92 Å². The molecule has 4 nitrogen and oxygen atoms in total. The smallest absolute Gasteiger partial charge is 0.239 e. The first kappa shape index (κ1) is 8.74. The highest BCUT2D eigenvalue weighted by Gasteiger charge is 2.06. The summed E-state index contributed by atoms with van der Waals surface area (Å²) in [5.41, 5.74) is 1.78. The second-order valence-electron chi connectivity index (χ2n) is 2.93. The lowest BCUT2D eigenvalue weighted by atomic mass is 10.3. The summed E-state index contributed by atoms with van der Waals surface area (Å²) in [6.45, 7) is 1.93. The van der Waals surface area contributed by atoms with Crippen molar-refractivity contribution < 1.29 is 4.74 Å². The molecule has 0 aliphatic rings. The SMILES string of the molecule is COc1nc(C)ccc1-n1cccn1. The lowest BCUT2D eigenvalue weighted by molar-refractivity contribution is 0.394. The van der Waals surface area contributed by atoms with Gasteiger partial charge >= 0.3 is 0 Å². The number of aryl methyl sites for hydroxylation is 1. The maximum absolute atomic E-state index is 5.18. The second kappa shape index (κ2) is 3.49. The molecule has 0 N–H and O–H groups in total. The van der Waals surface area contributed by atoms with Crippen LogP contribution in [0.3, 0.4) is 0 Å². The minimum Gasteiger partial charge on any atom is -0.479 e. The van der Waals surface area contributed by atoms with Gasteiger partial charge in [0.1, 0.15) is 5.69 Å². The van der Waals surface area contributed by atoms with E-state index in [-0.39, 0.29) is 0 Å². The highest BCUT2D eigenvalue weighted by Crippen LogP contribution is 2.19. The van der Waals surface area contributed by atoms with Crippen LogP contribution in [-0.2, 0) is 0 Å². The van der Waals surface area contributed by atoms with Crippen LogP contribution in [0.1, 0.15) is 5.69 Å². The quantitative estimate of drug-likeness (QED) is 0.720. The van der Waals surface area contributed by atoms with Gasteiger partial charge in [0.25, 0.3) is 0 Å². The van der Waals surface area contributed by atoms with Crippen LogP contribution in [0.25, 0.3) is 5.69 Å². The van der Waals surface area contributed by atoms with Gasteiger partial charge in [-0.15, -0.1) is 0 Å². The lowest BCUT2D eigenvalue weighted by Gasteiger charge is -2.07. The summed E-state index contributed by atoms with van der Waals surface area (Å²) >= 11 is 0. The van der Waals surface area contributed by atoms with E-state index in [1.807, 2.05) is 31.3 Å². The average Bonchev–Trinajstić information content (AvgIpc) is 2.70. The van der Waals surface area contributed by atoms with E-state index in [1.54, 1.807) is 18.0 Å². The summed E-state index contributed by atoms with van der Waals surface area (Å²) in [6, 6.07) is 5.73. The van der Waals surface area contributed by atoms with Crippen molar-refractivity contribution in [3.05, 3.63) is 36.3 Å². The molecule has 2 aromatic rings. The zero-order valence-electron chi connectivity index (χ0n) is 8.14. The molecule has 0 amide bonds. The van der Waals surface area contributed by atoms with Crippen LogP contribution in [0.5, 0.6) is 5.88 Å². The predicted molar refractivity (Wildman–Crippen MR) is 52.6 cm³/mol. The van der Waals surface area contributed by atoms with Gasteiger partial charge in [-0.05, 0) is 25.1 Å². The van der Waals surface area contributed by atoms with Crippen molar-refractivity contribution >= 4 is 0 Å². The van der Waals surface area contributed by atoms with Gasteiger partial charge < -0.3 is 4.74 Å². The topological polar surface area (TPSA) is 39.9 Å². The number of pyridine rings is 1. The molecule has 0 aliphatic heterocycles. The van der Waals surface area contributed by atoms with Crippen molar-refractivity contribution in [3.8, 4) is 11.6 Å². The monoisotopic (exact) mass is 189 g/mol. The fourth-order valence-electron chi connectivity index (χ4n) is 1.26. The number of aromatic nitrogens is 3. The Bertz CT molecular complexity index is 423. The highest BCUT2D eigenvalue weighted by atomic mass is 16.5. The number of rotatable bonds is 2. The molecule has 4 heteroatoms. The van der Waals surface area contributed by atoms with Crippen molar-refractivity contribution in [2.75, 3.05) is 7.11 Å². The summed E-state index contributed by atoms with van der Waals surface area (Å²) in [4.78, 5) is 4.26. The van der Waals surface area contributed by atoms with Crippen LogP contribution in [0.2, 0.25) is 0 Å². The zero-order valence-corrected chi connectivity index (χ0v) is 8.14. The Balaban J connectivity index is 2.53. The van der Waals surface area contributed by atoms with E-state index in [0.717, 1.165) is 11.4 Å². The average molecular weight is 189 g/mol. The molecule has 0 spiro atoms. The van der Waals surface area contributed by atoms with Crippen molar-refractivity contribution in [2.45, 2.75) is 6.92 Å². The molecule has 0 fully saturated rings. The lowest BCUT2D eigenvalue weighted by Crippen LogP contribution is -2.00. The number of methoxy groups -OCH3 is 1. The molecule has 2 heterocycles. The molecule has 2 rings (SSSR count). The zero-order chi connectivity index (χ0) is 9.97. The van der Waals surface area contributed by atoms with E-state index in [2.05, 4.69) is 10.1 Å². The Morgan fingerprint density at radius 2 is 2.21 bits per heavy atom. The van der Waals surface area contributed by atoms with Crippen LogP contribution >= 0.6 is 0 Å². The maximum atomic E-state index is 5.18. The van der Waals surface area contributed by atoms with E-state index in [1.165, 1.54) is 0 Å². The fourth-order valence-corrected chi connectivity index (χ4v) is 1.26. The summed E-state index contributed by atoms with van der Waals surface area (Å²) in [5.74, 6) is 0.591. The number of ether oxygens (including phenoxy) is 1. The molecule has 0 atom stereocenters. The fraction of sp³-hybridized carbons (Fsp3) is 0.200. The van der Waals surface area contributed by atoms with Gasteiger partial charge in [-0.3, -0.25) is 0 Å². The molecule has 0 bridgehead atoms. The Hall–Kier alpha value is -1.84. The molecule has 0 unspecified atom stereocenters. The molecule has 14 heavy (non-hydrogen) atoms. The van der Waals surface area contributed by atoms with Gasteiger partial charge in [-0.2, -0.15) is 5.10 Å². The first-order chi connectivity index (χ1) is 6.81. The third-order valence-electron chi connectivity index (χ3n) is 1.92. The minimum atomic E-state index is 0.591. The number of nitrogens with zero attached hydrogens (tertiary/aromatic N) is 3. The summed E-state index contributed by atoms with van der Waals surface area (Å²) in [7, 11) is 1.61. The second-order valence-corrected chi connectivity index (χ2v) is 2.93.